The standard InChI is InChI=1S/C11H14N2/c1-9(6-7-12)11-4-2-10(8-13)3-5-11/h2-5,9H,6-7,12H2,1H3. The fourth-order valence-corrected chi connectivity index (χ4v) is 1.30. The van der Waals surface area contributed by atoms with Crippen LogP contribution in [-0.4, -0.2) is 6.54 Å². The molecule has 0 bridgehead atoms. The second-order valence-electron chi connectivity index (χ2n) is 3.21. The van der Waals surface area contributed by atoms with Crippen molar-refractivity contribution in [2.75, 3.05) is 6.54 Å². The molecule has 1 rings (SSSR count). The fraction of sp³-hybridized carbons (Fsp3) is 0.364. The molecular formula is C11H14N2. The summed E-state index contributed by atoms with van der Waals surface area (Å²) in [4.78, 5) is 0. The van der Waals surface area contributed by atoms with Gasteiger partial charge in [-0.2, -0.15) is 5.26 Å². The zero-order chi connectivity index (χ0) is 9.68. The molecule has 1 unspecified atom stereocenters. The van der Waals surface area contributed by atoms with Crippen molar-refractivity contribution in [3.63, 3.8) is 0 Å². The number of nitrogens with two attached hydrogens (primary N) is 1. The molecule has 2 heteroatoms. The average molecular weight is 174 g/mol. The Morgan fingerprint density at radius 1 is 1.38 bits per heavy atom. The molecule has 1 aromatic rings. The van der Waals surface area contributed by atoms with Crippen molar-refractivity contribution in [2.45, 2.75) is 19.3 Å². The molecule has 2 nitrogen and oxygen atoms in total. The molecule has 2 N–H and O–H groups in total. The van der Waals surface area contributed by atoms with Gasteiger partial charge in [0.2, 0.25) is 0 Å². The maximum absolute atomic E-state index is 8.60. The predicted octanol–water partition coefficient (Wildman–Crippen LogP) is 2.01. The van der Waals surface area contributed by atoms with Gasteiger partial charge in [0.15, 0.2) is 0 Å². The second kappa shape index (κ2) is 4.64. The number of hydrogen-bond donors (Lipinski definition) is 1. The van der Waals surface area contributed by atoms with E-state index in [1.165, 1.54) is 5.56 Å². The molecule has 0 fully saturated rings. The lowest BCUT2D eigenvalue weighted by atomic mass is 9.97. The summed E-state index contributed by atoms with van der Waals surface area (Å²) in [5, 5.41) is 8.60. The van der Waals surface area contributed by atoms with Crippen LogP contribution in [0.25, 0.3) is 0 Å². The minimum atomic E-state index is 0.484. The largest absolute Gasteiger partial charge is 0.330 e. The number of nitriles is 1. The van der Waals surface area contributed by atoms with Crippen LogP contribution in [0.4, 0.5) is 0 Å². The lowest BCUT2D eigenvalue weighted by Gasteiger charge is -2.09. The van der Waals surface area contributed by atoms with E-state index in [9.17, 15) is 0 Å². The van der Waals surface area contributed by atoms with Crippen LogP contribution >= 0.6 is 0 Å². The summed E-state index contributed by atoms with van der Waals surface area (Å²) in [5.41, 5.74) is 7.44. The van der Waals surface area contributed by atoms with E-state index in [2.05, 4.69) is 13.0 Å². The Kier molecular flexibility index (Phi) is 3.48. The Morgan fingerprint density at radius 3 is 2.46 bits per heavy atom. The van der Waals surface area contributed by atoms with Crippen LogP contribution < -0.4 is 5.73 Å². The maximum atomic E-state index is 8.60. The Balaban J connectivity index is 2.75. The van der Waals surface area contributed by atoms with Gasteiger partial charge in [0, 0.05) is 0 Å². The molecule has 68 valence electrons. The van der Waals surface area contributed by atoms with Crippen molar-refractivity contribution >= 4 is 0 Å². The molecule has 1 atom stereocenters. The van der Waals surface area contributed by atoms with Crippen LogP contribution in [0.2, 0.25) is 0 Å². The van der Waals surface area contributed by atoms with Gasteiger partial charge in [-0.05, 0) is 36.6 Å². The van der Waals surface area contributed by atoms with Gasteiger partial charge >= 0.3 is 0 Å². The molecule has 13 heavy (non-hydrogen) atoms. The molecule has 0 saturated carbocycles. The predicted molar refractivity (Wildman–Crippen MR) is 53.2 cm³/mol. The SMILES string of the molecule is CC(CCN)c1ccc(C#N)cc1. The summed E-state index contributed by atoms with van der Waals surface area (Å²) in [7, 11) is 0. The Morgan fingerprint density at radius 2 is 2.00 bits per heavy atom. The minimum Gasteiger partial charge on any atom is -0.330 e. The van der Waals surface area contributed by atoms with Crippen LogP contribution in [-0.2, 0) is 0 Å². The van der Waals surface area contributed by atoms with Gasteiger partial charge in [0.1, 0.15) is 0 Å². The highest BCUT2D eigenvalue weighted by Crippen LogP contribution is 2.18. The van der Waals surface area contributed by atoms with E-state index in [1.807, 2.05) is 24.3 Å². The molecule has 0 spiro atoms. The van der Waals surface area contributed by atoms with E-state index >= 15 is 0 Å². The topological polar surface area (TPSA) is 49.8 Å². The number of rotatable bonds is 3. The Bertz CT molecular complexity index is 295. The van der Waals surface area contributed by atoms with Crippen molar-refractivity contribution < 1.29 is 0 Å². The van der Waals surface area contributed by atoms with E-state index in [0.717, 1.165) is 6.42 Å². The van der Waals surface area contributed by atoms with Gasteiger partial charge in [-0.25, -0.2) is 0 Å². The first kappa shape index (κ1) is 9.76. The minimum absolute atomic E-state index is 0.484. The third-order valence-corrected chi connectivity index (χ3v) is 2.21. The van der Waals surface area contributed by atoms with E-state index in [1.54, 1.807) is 0 Å². The molecule has 0 amide bonds. The zero-order valence-corrected chi connectivity index (χ0v) is 7.83. The summed E-state index contributed by atoms with van der Waals surface area (Å²) in [6.07, 6.45) is 0.992. The summed E-state index contributed by atoms with van der Waals surface area (Å²) < 4.78 is 0. The molecule has 1 aromatic carbocycles. The van der Waals surface area contributed by atoms with Crippen LogP contribution in [0.15, 0.2) is 24.3 Å². The van der Waals surface area contributed by atoms with E-state index < -0.39 is 0 Å². The normalized spacial score (nSPS) is 12.1. The highest BCUT2D eigenvalue weighted by Gasteiger charge is 2.03. The highest BCUT2D eigenvalue weighted by atomic mass is 14.5. The van der Waals surface area contributed by atoms with Crippen molar-refractivity contribution in [3.8, 4) is 6.07 Å². The van der Waals surface area contributed by atoms with E-state index in [-0.39, 0.29) is 0 Å². The Hall–Kier alpha value is -1.33. The third kappa shape index (κ3) is 2.57. The number of nitrogens with zero attached hydrogens (tertiary/aromatic N) is 1. The fourth-order valence-electron chi connectivity index (χ4n) is 1.30. The quantitative estimate of drug-likeness (QED) is 0.762. The van der Waals surface area contributed by atoms with Crippen LogP contribution in [0.3, 0.4) is 0 Å². The van der Waals surface area contributed by atoms with Gasteiger partial charge in [-0.15, -0.1) is 0 Å². The summed E-state index contributed by atoms with van der Waals surface area (Å²) in [6.45, 7) is 2.86. The monoisotopic (exact) mass is 174 g/mol. The van der Waals surface area contributed by atoms with E-state index in [4.69, 9.17) is 11.0 Å². The smallest absolute Gasteiger partial charge is 0.0991 e. The van der Waals surface area contributed by atoms with Crippen molar-refractivity contribution in [1.29, 1.82) is 5.26 Å². The molecule has 0 saturated heterocycles. The van der Waals surface area contributed by atoms with E-state index in [0.29, 0.717) is 18.0 Å². The van der Waals surface area contributed by atoms with Gasteiger partial charge in [-0.3, -0.25) is 0 Å². The third-order valence-electron chi connectivity index (χ3n) is 2.21. The van der Waals surface area contributed by atoms with Crippen LogP contribution in [0.5, 0.6) is 0 Å². The van der Waals surface area contributed by atoms with Gasteiger partial charge in [0.25, 0.3) is 0 Å². The summed E-state index contributed by atoms with van der Waals surface area (Å²) >= 11 is 0. The number of benzene rings is 1. The molecule has 0 heterocycles. The zero-order valence-electron chi connectivity index (χ0n) is 7.83. The molecular weight excluding hydrogens is 160 g/mol. The summed E-state index contributed by atoms with van der Waals surface area (Å²) in [5.74, 6) is 0.484. The number of hydrogen-bond acceptors (Lipinski definition) is 2. The van der Waals surface area contributed by atoms with Crippen LogP contribution in [0, 0.1) is 11.3 Å². The molecule has 0 radical (unpaired) electrons. The maximum Gasteiger partial charge on any atom is 0.0991 e. The van der Waals surface area contributed by atoms with Crippen molar-refractivity contribution in [1.82, 2.24) is 0 Å². The van der Waals surface area contributed by atoms with Crippen molar-refractivity contribution in [2.24, 2.45) is 5.73 Å². The highest BCUT2D eigenvalue weighted by molar-refractivity contribution is 5.32. The summed E-state index contributed by atoms with van der Waals surface area (Å²) in [6, 6.07) is 9.80. The van der Waals surface area contributed by atoms with Crippen molar-refractivity contribution in [3.05, 3.63) is 35.4 Å². The Labute approximate surface area is 79.0 Å². The lowest BCUT2D eigenvalue weighted by Crippen LogP contribution is -2.04. The lowest BCUT2D eigenvalue weighted by molar-refractivity contribution is 0.690. The molecule has 0 aliphatic carbocycles. The van der Waals surface area contributed by atoms with Crippen LogP contribution in [0.1, 0.15) is 30.4 Å². The van der Waals surface area contributed by atoms with Gasteiger partial charge < -0.3 is 5.73 Å². The average Bonchev–Trinajstić information content (AvgIpc) is 2.18. The molecule has 0 aliphatic rings. The first-order valence-corrected chi connectivity index (χ1v) is 4.48. The molecule has 0 aliphatic heterocycles. The van der Waals surface area contributed by atoms with Gasteiger partial charge in [-0.1, -0.05) is 19.1 Å². The molecule has 0 aromatic heterocycles. The van der Waals surface area contributed by atoms with Gasteiger partial charge in [0.05, 0.1) is 11.6 Å². The second-order valence-corrected chi connectivity index (χ2v) is 3.21. The first-order valence-electron chi connectivity index (χ1n) is 4.48. The first-order chi connectivity index (χ1) is 6.27.